The minimum atomic E-state index is -1.44. The summed E-state index contributed by atoms with van der Waals surface area (Å²) in [6, 6.07) is 22.2. The van der Waals surface area contributed by atoms with Crippen LogP contribution in [0.3, 0.4) is 0 Å². The predicted molar refractivity (Wildman–Crippen MR) is 102 cm³/mol. The summed E-state index contributed by atoms with van der Waals surface area (Å²) in [5, 5.41) is 3.00. The van der Waals surface area contributed by atoms with Crippen LogP contribution >= 0.6 is 4.64 Å². The third kappa shape index (κ3) is 3.85. The molecule has 0 saturated heterocycles. The summed E-state index contributed by atoms with van der Waals surface area (Å²) < 4.78 is -0.202. The van der Waals surface area contributed by atoms with E-state index in [0.29, 0.717) is 14.7 Å². The van der Waals surface area contributed by atoms with Crippen LogP contribution in [0, 0.1) is 0 Å². The standard InChI is InChI=1S/C18H25NPSe2/c1-4-19(5-2,6-3)22-20(21,17-13-9-7-10-14-17)18-15-11-8-12-16-18/h7-16H,4-6H2,1-3H3/q+2. The Hall–Kier alpha value is -0.131. The topological polar surface area (TPSA) is 0 Å². The zero-order valence-corrected chi connectivity index (χ0v) is 17.9. The van der Waals surface area contributed by atoms with E-state index in [0.717, 1.165) is 0 Å². The molecule has 0 aliphatic rings. The van der Waals surface area contributed by atoms with Gasteiger partial charge in [0.2, 0.25) is 0 Å². The van der Waals surface area contributed by atoms with E-state index in [1.165, 1.54) is 33.7 Å². The molecule has 2 aromatic carbocycles. The van der Waals surface area contributed by atoms with Gasteiger partial charge in [0.25, 0.3) is 0 Å². The number of rotatable bonds is 7. The van der Waals surface area contributed by atoms with E-state index in [-0.39, 0.29) is 0 Å². The van der Waals surface area contributed by atoms with Crippen molar-refractivity contribution in [2.45, 2.75) is 20.8 Å². The number of hydrogen-bond donors (Lipinski definition) is 0. The van der Waals surface area contributed by atoms with Gasteiger partial charge in [-0.05, 0) is 0 Å². The number of nitrogens with zero attached hydrogens (tertiary/aromatic N) is 1. The van der Waals surface area contributed by atoms with Crippen LogP contribution in [0.1, 0.15) is 20.8 Å². The normalized spacial score (nSPS) is 12.4. The number of benzene rings is 2. The van der Waals surface area contributed by atoms with Gasteiger partial charge in [0.05, 0.1) is 0 Å². The molecule has 1 radical (unpaired) electrons. The third-order valence-electron chi connectivity index (χ3n) is 4.21. The summed E-state index contributed by atoms with van der Waals surface area (Å²) in [7, 11) is 0. The molecular formula is C18H25NPSe2+2. The van der Waals surface area contributed by atoms with Gasteiger partial charge in [-0.2, -0.15) is 0 Å². The Morgan fingerprint density at radius 3 is 1.45 bits per heavy atom. The Morgan fingerprint density at radius 1 is 0.773 bits per heavy atom. The zero-order valence-electron chi connectivity index (χ0n) is 13.6. The monoisotopic (exact) mass is 446 g/mol. The first-order valence-corrected chi connectivity index (χ1v) is 14.9. The predicted octanol–water partition coefficient (Wildman–Crippen LogP) is 3.15. The first-order valence-electron chi connectivity index (χ1n) is 7.89. The van der Waals surface area contributed by atoms with Gasteiger partial charge in [-0.1, -0.05) is 0 Å². The molecule has 0 fully saturated rings. The molecule has 2 rings (SSSR count). The van der Waals surface area contributed by atoms with Crippen molar-refractivity contribution in [2.24, 2.45) is 0 Å². The van der Waals surface area contributed by atoms with Crippen LogP contribution in [0.25, 0.3) is 0 Å². The van der Waals surface area contributed by atoms with Gasteiger partial charge in [-0.15, -0.1) is 0 Å². The molecule has 0 aliphatic heterocycles. The second-order valence-corrected chi connectivity index (χ2v) is 20.7. The van der Waals surface area contributed by atoms with Crippen molar-refractivity contribution in [2.75, 3.05) is 19.6 Å². The summed E-state index contributed by atoms with van der Waals surface area (Å²) in [6.45, 7) is 10.7. The van der Waals surface area contributed by atoms with Crippen LogP contribution in [0.2, 0.25) is 0 Å². The van der Waals surface area contributed by atoms with Crippen LogP contribution in [0.4, 0.5) is 0 Å². The molecule has 0 atom stereocenters. The number of hydrogen-bond acceptors (Lipinski definition) is 0. The SMILES string of the molecule is CC[N+](CC)(CC)[Se][P+]([Se])(c1ccccc1)c1ccccc1. The van der Waals surface area contributed by atoms with Gasteiger partial charge in [0.1, 0.15) is 0 Å². The van der Waals surface area contributed by atoms with Gasteiger partial charge in [-0.25, -0.2) is 0 Å². The molecule has 4 heteroatoms. The molecule has 0 saturated carbocycles. The van der Waals surface area contributed by atoms with Crippen molar-refractivity contribution in [3.63, 3.8) is 0 Å². The van der Waals surface area contributed by atoms with Crippen molar-refractivity contribution < 1.29 is 3.50 Å². The van der Waals surface area contributed by atoms with E-state index in [1.807, 2.05) is 0 Å². The van der Waals surface area contributed by atoms with Crippen LogP contribution in [-0.2, 0) is 0 Å². The number of quaternary nitrogens is 1. The molecule has 0 aliphatic carbocycles. The van der Waals surface area contributed by atoms with Gasteiger partial charge in [0.15, 0.2) is 0 Å². The van der Waals surface area contributed by atoms with Crippen molar-refractivity contribution in [3.8, 4) is 0 Å². The van der Waals surface area contributed by atoms with E-state index < -0.39 is 4.64 Å². The Labute approximate surface area is 149 Å². The summed E-state index contributed by atoms with van der Waals surface area (Å²) in [6.07, 6.45) is 0. The van der Waals surface area contributed by atoms with Crippen molar-refractivity contribution in [3.05, 3.63) is 60.7 Å². The summed E-state index contributed by atoms with van der Waals surface area (Å²) in [4.78, 5) is 0. The average molecular weight is 444 g/mol. The molecule has 0 aromatic heterocycles. The Bertz CT molecular complexity index is 522. The Kier molecular flexibility index (Phi) is 6.71. The molecule has 0 spiro atoms. The molecule has 0 N–H and O–H groups in total. The average Bonchev–Trinajstić information content (AvgIpc) is 2.61. The van der Waals surface area contributed by atoms with Gasteiger partial charge < -0.3 is 0 Å². The Morgan fingerprint density at radius 2 is 1.14 bits per heavy atom. The van der Waals surface area contributed by atoms with E-state index in [9.17, 15) is 0 Å². The van der Waals surface area contributed by atoms with Gasteiger partial charge in [-0.3, -0.25) is 0 Å². The summed E-state index contributed by atoms with van der Waals surface area (Å²) in [5.41, 5.74) is 0. The molecule has 0 amide bonds. The molecule has 1 nitrogen and oxygen atoms in total. The molecule has 2 aromatic rings. The van der Waals surface area contributed by atoms with Crippen LogP contribution < -0.4 is 10.6 Å². The van der Waals surface area contributed by atoms with Crippen molar-refractivity contribution in [1.29, 1.82) is 0 Å². The fraction of sp³-hybridized carbons (Fsp3) is 0.333. The molecule has 0 bridgehead atoms. The van der Waals surface area contributed by atoms with Gasteiger partial charge >= 0.3 is 150 Å². The molecule has 117 valence electrons. The van der Waals surface area contributed by atoms with Gasteiger partial charge in [0, 0.05) is 0 Å². The van der Waals surface area contributed by atoms with Crippen LogP contribution in [-0.4, -0.2) is 53.4 Å². The van der Waals surface area contributed by atoms with Crippen molar-refractivity contribution >= 4 is 45.6 Å². The second kappa shape index (κ2) is 8.11. The third-order valence-corrected chi connectivity index (χ3v) is 19.5. The van der Waals surface area contributed by atoms with E-state index in [1.54, 1.807) is 0 Å². The maximum absolute atomic E-state index is 3.70. The first-order chi connectivity index (χ1) is 10.6. The fourth-order valence-corrected chi connectivity index (χ4v) is 19.2. The molecular weight excluding hydrogens is 419 g/mol. The van der Waals surface area contributed by atoms with E-state index >= 15 is 0 Å². The van der Waals surface area contributed by atoms with E-state index in [4.69, 9.17) is 0 Å². The zero-order chi connectivity index (χ0) is 16.1. The molecule has 0 unspecified atom stereocenters. The minimum absolute atomic E-state index is 0.494. The van der Waals surface area contributed by atoms with Crippen LogP contribution in [0.5, 0.6) is 0 Å². The summed E-state index contributed by atoms with van der Waals surface area (Å²) >= 11 is 4.20. The molecule has 22 heavy (non-hydrogen) atoms. The quantitative estimate of drug-likeness (QED) is 0.455. The Balaban J connectivity index is 2.52. The van der Waals surface area contributed by atoms with Crippen LogP contribution in [0.15, 0.2) is 60.7 Å². The second-order valence-electron chi connectivity index (χ2n) is 5.31. The summed E-state index contributed by atoms with van der Waals surface area (Å²) in [5.74, 6) is 0. The molecule has 0 heterocycles. The van der Waals surface area contributed by atoms with E-state index in [2.05, 4.69) is 97.0 Å². The first kappa shape index (κ1) is 18.2. The maximum atomic E-state index is 3.70. The fourth-order valence-electron chi connectivity index (χ4n) is 2.58. The van der Waals surface area contributed by atoms with Crippen molar-refractivity contribution in [1.82, 2.24) is 0 Å².